The predicted octanol–water partition coefficient (Wildman–Crippen LogP) is 4.72. The smallest absolute Gasteiger partial charge is 0.305 e. The third-order valence-electron chi connectivity index (χ3n) is 7.28. The van der Waals surface area contributed by atoms with E-state index in [1.54, 1.807) is 13.0 Å². The maximum Gasteiger partial charge on any atom is 0.305 e. The molecule has 2 rings (SSSR count). The van der Waals surface area contributed by atoms with Gasteiger partial charge in [0.25, 0.3) is 0 Å². The second kappa shape index (κ2) is 15.8. The second-order valence-corrected chi connectivity index (χ2v) is 10.5. The van der Waals surface area contributed by atoms with Gasteiger partial charge in [-0.05, 0) is 90.3 Å². The van der Waals surface area contributed by atoms with E-state index in [1.807, 2.05) is 13.8 Å². The van der Waals surface area contributed by atoms with Crippen molar-refractivity contribution < 1.29 is 39.4 Å². The van der Waals surface area contributed by atoms with Crippen LogP contribution in [0.25, 0.3) is 0 Å². The van der Waals surface area contributed by atoms with E-state index in [0.29, 0.717) is 35.3 Å². The molecule has 0 aromatic heterocycles. The Balaban J connectivity index is 1.92. The Bertz CT molecular complexity index is 1060. The first-order valence-corrected chi connectivity index (χ1v) is 13.6. The van der Waals surface area contributed by atoms with E-state index in [-0.39, 0.29) is 18.3 Å². The SMILES string of the molecule is COC(=O)CC/C(C)=C/CC/C(C)=C/CCC(C)=CCc1cc(O[C@@H]2OC[C@@H](O)[C@H](O)[C@H]2O)c(C)c(C)c1O. The molecule has 1 heterocycles. The Morgan fingerprint density at radius 1 is 0.923 bits per heavy atom. The Morgan fingerprint density at radius 2 is 1.51 bits per heavy atom. The van der Waals surface area contributed by atoms with Crippen molar-refractivity contribution in [3.05, 3.63) is 57.7 Å². The number of hydrogen-bond donors (Lipinski definition) is 4. The topological polar surface area (TPSA) is 126 Å². The van der Waals surface area contributed by atoms with Crippen molar-refractivity contribution >= 4 is 5.97 Å². The zero-order valence-electron chi connectivity index (χ0n) is 24.2. The lowest BCUT2D eigenvalue weighted by atomic mass is 9.99. The highest BCUT2D eigenvalue weighted by atomic mass is 16.7. The molecule has 0 aliphatic carbocycles. The number of ether oxygens (including phenoxy) is 3. The number of hydrogen-bond acceptors (Lipinski definition) is 8. The molecule has 0 amide bonds. The van der Waals surface area contributed by atoms with Crippen molar-refractivity contribution in [2.45, 2.75) is 104 Å². The van der Waals surface area contributed by atoms with Crippen LogP contribution in [0, 0.1) is 13.8 Å². The molecule has 8 nitrogen and oxygen atoms in total. The molecule has 0 saturated carbocycles. The molecule has 1 aromatic carbocycles. The van der Waals surface area contributed by atoms with Crippen LogP contribution in [0.5, 0.6) is 11.5 Å². The molecule has 1 saturated heterocycles. The highest BCUT2D eigenvalue weighted by Crippen LogP contribution is 2.35. The summed E-state index contributed by atoms with van der Waals surface area (Å²) in [7, 11) is 1.41. The van der Waals surface area contributed by atoms with Crippen LogP contribution in [-0.4, -0.2) is 64.7 Å². The van der Waals surface area contributed by atoms with Gasteiger partial charge in [-0.1, -0.05) is 34.9 Å². The fraction of sp³-hybridized carbons (Fsp3) is 0.581. The van der Waals surface area contributed by atoms with Crippen LogP contribution in [0.3, 0.4) is 0 Å². The van der Waals surface area contributed by atoms with Crippen molar-refractivity contribution in [1.82, 2.24) is 0 Å². The zero-order chi connectivity index (χ0) is 29.1. The number of phenols is 1. The number of aromatic hydroxyl groups is 1. The number of esters is 1. The maximum absolute atomic E-state index is 11.3. The molecule has 1 aliphatic heterocycles. The van der Waals surface area contributed by atoms with Gasteiger partial charge in [-0.3, -0.25) is 4.79 Å². The molecule has 4 atom stereocenters. The molecule has 1 fully saturated rings. The molecule has 0 radical (unpaired) electrons. The maximum atomic E-state index is 11.3. The highest BCUT2D eigenvalue weighted by Gasteiger charge is 2.39. The van der Waals surface area contributed by atoms with E-state index < -0.39 is 24.6 Å². The van der Waals surface area contributed by atoms with Gasteiger partial charge in [0.1, 0.15) is 29.8 Å². The lowest BCUT2D eigenvalue weighted by Gasteiger charge is -2.35. The van der Waals surface area contributed by atoms with Gasteiger partial charge < -0.3 is 34.6 Å². The van der Waals surface area contributed by atoms with Gasteiger partial charge in [0.15, 0.2) is 0 Å². The van der Waals surface area contributed by atoms with Crippen molar-refractivity contribution in [2.24, 2.45) is 0 Å². The van der Waals surface area contributed by atoms with Crippen LogP contribution in [0.1, 0.15) is 76.0 Å². The summed E-state index contributed by atoms with van der Waals surface area (Å²) < 4.78 is 15.9. The number of phenolic OH excluding ortho intramolecular Hbond substituents is 1. The average molecular weight is 547 g/mol. The Labute approximate surface area is 232 Å². The van der Waals surface area contributed by atoms with Gasteiger partial charge >= 0.3 is 5.97 Å². The molecule has 0 unspecified atom stereocenters. The van der Waals surface area contributed by atoms with Gasteiger partial charge in [-0.2, -0.15) is 0 Å². The summed E-state index contributed by atoms with van der Waals surface area (Å²) in [6.45, 7) is 9.72. The lowest BCUT2D eigenvalue weighted by molar-refractivity contribution is -0.242. The van der Waals surface area contributed by atoms with E-state index in [1.165, 1.54) is 23.8 Å². The van der Waals surface area contributed by atoms with E-state index in [2.05, 4.69) is 36.8 Å². The van der Waals surface area contributed by atoms with E-state index in [9.17, 15) is 25.2 Å². The third-order valence-corrected chi connectivity index (χ3v) is 7.28. The molecule has 0 spiro atoms. The van der Waals surface area contributed by atoms with Gasteiger partial charge in [0.05, 0.1) is 13.7 Å². The monoisotopic (exact) mass is 546 g/mol. The molecule has 39 heavy (non-hydrogen) atoms. The molecular formula is C31H46O8. The fourth-order valence-electron chi connectivity index (χ4n) is 4.31. The first-order valence-electron chi connectivity index (χ1n) is 13.6. The van der Waals surface area contributed by atoms with Gasteiger partial charge in [0.2, 0.25) is 6.29 Å². The number of aliphatic hydroxyl groups is 3. The second-order valence-electron chi connectivity index (χ2n) is 10.5. The standard InChI is InChI=1S/C31H46O8/c1-19(10-8-12-21(3)14-16-27(33)37-6)9-7-11-20(2)13-15-24-17-26(22(4)23(5)28(24)34)39-31-30(36)29(35)25(32)18-38-31/h9,12-13,17,25,29-32,34-36H,7-8,10-11,14-16,18H2,1-6H3/b19-9+,20-13?,21-12+/t25-,29+,30-,31+/m1/s1. The normalized spacial score (nSPS) is 22.6. The Kier molecular flexibility index (Phi) is 13.2. The lowest BCUT2D eigenvalue weighted by Crippen LogP contribution is -2.54. The molecule has 4 N–H and O–H groups in total. The summed E-state index contributed by atoms with van der Waals surface area (Å²) in [6.07, 6.45) is 6.92. The van der Waals surface area contributed by atoms with Gasteiger partial charge in [-0.25, -0.2) is 0 Å². The summed E-state index contributed by atoms with van der Waals surface area (Å²) >= 11 is 0. The van der Waals surface area contributed by atoms with Gasteiger partial charge in [0, 0.05) is 12.0 Å². The highest BCUT2D eigenvalue weighted by molar-refractivity contribution is 5.69. The van der Waals surface area contributed by atoms with Crippen LogP contribution < -0.4 is 4.74 Å². The molecular weight excluding hydrogens is 500 g/mol. The Hall–Kier alpha value is -2.65. The van der Waals surface area contributed by atoms with Crippen molar-refractivity contribution in [3.63, 3.8) is 0 Å². The summed E-state index contributed by atoms with van der Waals surface area (Å²) in [6, 6.07) is 1.74. The fourth-order valence-corrected chi connectivity index (χ4v) is 4.31. The number of rotatable bonds is 13. The number of methoxy groups -OCH3 is 1. The van der Waals surface area contributed by atoms with Crippen LogP contribution in [0.2, 0.25) is 0 Å². The first kappa shape index (κ1) is 32.6. The van der Waals surface area contributed by atoms with E-state index in [0.717, 1.165) is 32.1 Å². The average Bonchev–Trinajstić information content (AvgIpc) is 2.91. The van der Waals surface area contributed by atoms with Crippen molar-refractivity contribution in [3.8, 4) is 11.5 Å². The zero-order valence-corrected chi connectivity index (χ0v) is 24.2. The minimum Gasteiger partial charge on any atom is -0.507 e. The van der Waals surface area contributed by atoms with Crippen LogP contribution >= 0.6 is 0 Å². The number of carbonyl (C=O) groups excluding carboxylic acids is 1. The predicted molar refractivity (Wildman–Crippen MR) is 151 cm³/mol. The van der Waals surface area contributed by atoms with Gasteiger partial charge in [-0.15, -0.1) is 0 Å². The first-order chi connectivity index (χ1) is 18.4. The molecule has 1 aromatic rings. The van der Waals surface area contributed by atoms with Crippen molar-refractivity contribution in [2.75, 3.05) is 13.7 Å². The van der Waals surface area contributed by atoms with Crippen molar-refractivity contribution in [1.29, 1.82) is 0 Å². The van der Waals surface area contributed by atoms with Crippen LogP contribution in [-0.2, 0) is 20.7 Å². The molecule has 1 aliphatic rings. The summed E-state index contributed by atoms with van der Waals surface area (Å²) in [5, 5.41) is 40.6. The van der Waals surface area contributed by atoms with Crippen LogP contribution in [0.15, 0.2) is 41.0 Å². The number of aliphatic hydroxyl groups excluding tert-OH is 3. The quantitative estimate of drug-likeness (QED) is 0.207. The van der Waals surface area contributed by atoms with E-state index >= 15 is 0 Å². The largest absolute Gasteiger partial charge is 0.507 e. The van der Waals surface area contributed by atoms with E-state index in [4.69, 9.17) is 9.47 Å². The number of carbonyl (C=O) groups is 1. The summed E-state index contributed by atoms with van der Waals surface area (Å²) in [5.41, 5.74) is 5.82. The third kappa shape index (κ3) is 10.1. The minimum absolute atomic E-state index is 0.144. The minimum atomic E-state index is -1.39. The number of benzene rings is 1. The molecule has 8 heteroatoms. The number of allylic oxidation sites excluding steroid dienone is 6. The molecule has 218 valence electrons. The Morgan fingerprint density at radius 3 is 2.13 bits per heavy atom. The van der Waals surface area contributed by atoms with Crippen LogP contribution in [0.4, 0.5) is 0 Å². The summed E-state index contributed by atoms with van der Waals surface area (Å²) in [4.78, 5) is 11.3. The summed E-state index contributed by atoms with van der Waals surface area (Å²) in [5.74, 6) is 0.474. The molecule has 0 bridgehead atoms.